The zero-order valence-electron chi connectivity index (χ0n) is 14.4. The number of benzene rings is 2. The average molecular weight is 399 g/mol. The van der Waals surface area contributed by atoms with Crippen molar-refractivity contribution in [1.29, 1.82) is 0 Å². The monoisotopic (exact) mass is 399 g/mol. The first-order chi connectivity index (χ1) is 13.6. The second-order valence-electron chi connectivity index (χ2n) is 5.90. The van der Waals surface area contributed by atoms with Gasteiger partial charge in [-0.1, -0.05) is 0 Å². The number of rotatable bonds is 5. The summed E-state index contributed by atoms with van der Waals surface area (Å²) in [6.45, 7) is 0.165. The van der Waals surface area contributed by atoms with Crippen LogP contribution in [0.15, 0.2) is 47.8 Å². The summed E-state index contributed by atoms with van der Waals surface area (Å²) in [7, 11) is 0. The maximum Gasteiger partial charge on any atom is 0.257 e. The summed E-state index contributed by atoms with van der Waals surface area (Å²) < 4.78 is 23.4. The van der Waals surface area contributed by atoms with E-state index in [1.54, 1.807) is 23.6 Å². The molecule has 4 rings (SSSR count). The van der Waals surface area contributed by atoms with E-state index in [0.29, 0.717) is 33.6 Å². The molecule has 1 aliphatic rings. The molecule has 3 aromatic rings. The molecule has 2 N–H and O–H groups in total. The molecule has 2 amide bonds. The van der Waals surface area contributed by atoms with Gasteiger partial charge in [0.25, 0.3) is 5.91 Å². The first-order valence-electron chi connectivity index (χ1n) is 8.28. The number of halogens is 1. The molecule has 142 valence electrons. The van der Waals surface area contributed by atoms with Crippen LogP contribution in [0.4, 0.5) is 15.2 Å². The Kier molecular flexibility index (Phi) is 4.90. The highest BCUT2D eigenvalue weighted by Gasteiger charge is 2.15. The molecule has 0 radical (unpaired) electrons. The van der Waals surface area contributed by atoms with Gasteiger partial charge in [0.15, 0.2) is 16.6 Å². The zero-order chi connectivity index (χ0) is 19.5. The molecule has 0 atom stereocenters. The summed E-state index contributed by atoms with van der Waals surface area (Å²) in [5, 5.41) is 7.46. The third-order valence-corrected chi connectivity index (χ3v) is 4.68. The molecule has 0 saturated heterocycles. The van der Waals surface area contributed by atoms with Gasteiger partial charge in [-0.25, -0.2) is 9.37 Å². The molecular weight excluding hydrogens is 385 g/mol. The van der Waals surface area contributed by atoms with E-state index < -0.39 is 11.7 Å². The van der Waals surface area contributed by atoms with Crippen molar-refractivity contribution in [3.63, 3.8) is 0 Å². The number of carbonyl (C=O) groups is 2. The second-order valence-corrected chi connectivity index (χ2v) is 6.76. The highest BCUT2D eigenvalue weighted by molar-refractivity contribution is 7.14. The summed E-state index contributed by atoms with van der Waals surface area (Å²) in [6.07, 6.45) is 0.0529. The Labute approximate surface area is 163 Å². The molecule has 0 aliphatic carbocycles. The number of amides is 2. The quantitative estimate of drug-likeness (QED) is 0.686. The van der Waals surface area contributed by atoms with E-state index in [4.69, 9.17) is 9.47 Å². The number of carbonyl (C=O) groups excluding carboxylic acids is 2. The molecular formula is C19H14FN3O4S. The predicted molar refractivity (Wildman–Crippen MR) is 101 cm³/mol. The van der Waals surface area contributed by atoms with Crippen molar-refractivity contribution in [3.8, 4) is 11.5 Å². The van der Waals surface area contributed by atoms with Crippen LogP contribution in [0.3, 0.4) is 0 Å². The summed E-state index contributed by atoms with van der Waals surface area (Å²) in [6, 6.07) is 10.3. The van der Waals surface area contributed by atoms with E-state index >= 15 is 0 Å². The molecule has 7 nitrogen and oxygen atoms in total. The first-order valence-corrected chi connectivity index (χ1v) is 9.15. The van der Waals surface area contributed by atoms with Gasteiger partial charge in [-0.2, -0.15) is 0 Å². The van der Waals surface area contributed by atoms with E-state index in [1.807, 2.05) is 0 Å². The minimum Gasteiger partial charge on any atom is -0.454 e. The van der Waals surface area contributed by atoms with Crippen LogP contribution in [0.5, 0.6) is 11.5 Å². The van der Waals surface area contributed by atoms with Gasteiger partial charge in [-0.3, -0.25) is 14.9 Å². The summed E-state index contributed by atoms with van der Waals surface area (Å²) >= 11 is 1.21. The third kappa shape index (κ3) is 4.09. The Morgan fingerprint density at radius 2 is 1.86 bits per heavy atom. The molecule has 2 aromatic carbocycles. The lowest BCUT2D eigenvalue weighted by Gasteiger charge is -2.05. The maximum atomic E-state index is 12.9. The van der Waals surface area contributed by atoms with Crippen molar-refractivity contribution in [2.45, 2.75) is 6.42 Å². The van der Waals surface area contributed by atoms with Gasteiger partial charge in [-0.05, 0) is 36.4 Å². The molecule has 0 unspecified atom stereocenters. The largest absolute Gasteiger partial charge is 0.454 e. The van der Waals surface area contributed by atoms with Crippen LogP contribution in [0.2, 0.25) is 0 Å². The molecule has 1 aliphatic heterocycles. The van der Waals surface area contributed by atoms with Gasteiger partial charge < -0.3 is 14.8 Å². The van der Waals surface area contributed by atoms with Crippen molar-refractivity contribution < 1.29 is 23.5 Å². The fraction of sp³-hybridized carbons (Fsp3) is 0.105. The number of hydrogen-bond donors (Lipinski definition) is 2. The minimum absolute atomic E-state index is 0.0529. The smallest absolute Gasteiger partial charge is 0.257 e. The number of fused-ring (bicyclic) bond motifs is 1. The third-order valence-electron chi connectivity index (χ3n) is 3.88. The van der Waals surface area contributed by atoms with Crippen LogP contribution < -0.4 is 20.1 Å². The van der Waals surface area contributed by atoms with Gasteiger partial charge in [0.05, 0.1) is 12.1 Å². The fourth-order valence-corrected chi connectivity index (χ4v) is 3.27. The molecule has 1 aromatic heterocycles. The number of ether oxygens (including phenoxy) is 2. The van der Waals surface area contributed by atoms with Gasteiger partial charge in [0, 0.05) is 22.7 Å². The van der Waals surface area contributed by atoms with E-state index in [0.717, 1.165) is 0 Å². The van der Waals surface area contributed by atoms with Crippen LogP contribution >= 0.6 is 11.3 Å². The minimum atomic E-state index is -0.415. The number of thiazole rings is 1. The first kappa shape index (κ1) is 17.9. The fourth-order valence-electron chi connectivity index (χ4n) is 2.56. The zero-order valence-corrected chi connectivity index (χ0v) is 15.2. The lowest BCUT2D eigenvalue weighted by Crippen LogP contribution is -2.15. The van der Waals surface area contributed by atoms with E-state index in [1.165, 1.54) is 35.6 Å². The van der Waals surface area contributed by atoms with Crippen molar-refractivity contribution in [3.05, 3.63) is 64.9 Å². The van der Waals surface area contributed by atoms with E-state index in [2.05, 4.69) is 15.6 Å². The molecule has 0 fully saturated rings. The van der Waals surface area contributed by atoms with Crippen molar-refractivity contribution in [1.82, 2.24) is 4.98 Å². The molecule has 2 heterocycles. The molecule has 0 bridgehead atoms. The molecule has 28 heavy (non-hydrogen) atoms. The van der Waals surface area contributed by atoms with Crippen LogP contribution in [-0.2, 0) is 11.2 Å². The number of nitrogens with zero attached hydrogens (tertiary/aromatic N) is 1. The van der Waals surface area contributed by atoms with E-state index in [-0.39, 0.29) is 19.1 Å². The van der Waals surface area contributed by atoms with Crippen LogP contribution in [-0.4, -0.2) is 23.6 Å². The molecule has 0 saturated carbocycles. The predicted octanol–water partition coefficient (Wildman–Crippen LogP) is 3.44. The van der Waals surface area contributed by atoms with Crippen LogP contribution in [0.25, 0.3) is 0 Å². The Morgan fingerprint density at radius 3 is 2.68 bits per heavy atom. The molecule has 9 heteroatoms. The standard InChI is InChI=1S/C19H14FN3O4S/c20-12-3-1-11(2-4-12)18(25)23-19-22-14(9-28-19)8-17(24)21-13-5-6-15-16(7-13)27-10-26-15/h1-7,9H,8,10H2,(H,21,24)(H,22,23,25). The lowest BCUT2D eigenvalue weighted by molar-refractivity contribution is -0.115. The average Bonchev–Trinajstić information content (AvgIpc) is 3.31. The molecule has 0 spiro atoms. The number of aromatic nitrogens is 1. The van der Waals surface area contributed by atoms with Gasteiger partial charge in [0.1, 0.15) is 5.82 Å². The van der Waals surface area contributed by atoms with Crippen molar-refractivity contribution in [2.75, 3.05) is 17.4 Å². The Morgan fingerprint density at radius 1 is 1.07 bits per heavy atom. The van der Waals surface area contributed by atoms with Crippen molar-refractivity contribution >= 4 is 34.0 Å². The Hall–Kier alpha value is -3.46. The normalized spacial score (nSPS) is 11.9. The number of hydrogen-bond acceptors (Lipinski definition) is 6. The summed E-state index contributed by atoms with van der Waals surface area (Å²) in [4.78, 5) is 28.6. The van der Waals surface area contributed by atoms with Crippen LogP contribution in [0.1, 0.15) is 16.1 Å². The lowest BCUT2D eigenvalue weighted by atomic mass is 10.2. The highest BCUT2D eigenvalue weighted by atomic mass is 32.1. The Bertz CT molecular complexity index is 1040. The summed E-state index contributed by atoms with van der Waals surface area (Å²) in [5.74, 6) is 0.157. The second kappa shape index (κ2) is 7.65. The van der Waals surface area contributed by atoms with Gasteiger partial charge in [0.2, 0.25) is 12.7 Å². The van der Waals surface area contributed by atoms with E-state index in [9.17, 15) is 14.0 Å². The number of anilines is 2. The van der Waals surface area contributed by atoms with Gasteiger partial charge in [-0.15, -0.1) is 11.3 Å². The maximum absolute atomic E-state index is 12.9. The Balaban J connectivity index is 1.34. The van der Waals surface area contributed by atoms with Gasteiger partial charge >= 0.3 is 0 Å². The summed E-state index contributed by atoms with van der Waals surface area (Å²) in [5.41, 5.74) is 1.44. The number of nitrogens with one attached hydrogen (secondary N) is 2. The van der Waals surface area contributed by atoms with Crippen molar-refractivity contribution in [2.24, 2.45) is 0 Å². The topological polar surface area (TPSA) is 89.6 Å². The highest BCUT2D eigenvalue weighted by Crippen LogP contribution is 2.34. The SMILES string of the molecule is O=C(Cc1csc(NC(=O)c2ccc(F)cc2)n1)Nc1ccc2c(c1)OCO2. The van der Waals surface area contributed by atoms with Crippen LogP contribution in [0, 0.1) is 5.82 Å².